The number of para-hydroxylation sites is 1. The molecule has 76 valence electrons. The number of halogens is 1. The van der Waals surface area contributed by atoms with Crippen LogP contribution in [0.4, 0.5) is 5.69 Å². The van der Waals surface area contributed by atoms with Crippen molar-refractivity contribution in [1.29, 1.82) is 0 Å². The SMILES string of the molecule is CC(C)C(=O)N(C)c1ccccc1I. The minimum atomic E-state index is 0.0380. The van der Waals surface area contributed by atoms with E-state index in [1.165, 1.54) is 0 Å². The highest BCUT2D eigenvalue weighted by atomic mass is 127. The van der Waals surface area contributed by atoms with Crippen LogP contribution >= 0.6 is 22.6 Å². The van der Waals surface area contributed by atoms with Crippen molar-refractivity contribution in [2.75, 3.05) is 11.9 Å². The van der Waals surface area contributed by atoms with E-state index in [-0.39, 0.29) is 11.8 Å². The number of amides is 1. The maximum Gasteiger partial charge on any atom is 0.229 e. The summed E-state index contributed by atoms with van der Waals surface area (Å²) in [5.41, 5.74) is 0.979. The van der Waals surface area contributed by atoms with Crippen molar-refractivity contribution in [2.45, 2.75) is 13.8 Å². The number of carbonyl (C=O) groups excluding carboxylic acids is 1. The van der Waals surface area contributed by atoms with Crippen LogP contribution in [0, 0.1) is 9.49 Å². The average molecular weight is 303 g/mol. The number of hydrogen-bond donors (Lipinski definition) is 0. The van der Waals surface area contributed by atoms with E-state index in [2.05, 4.69) is 22.6 Å². The second kappa shape index (κ2) is 4.77. The van der Waals surface area contributed by atoms with Gasteiger partial charge >= 0.3 is 0 Å². The van der Waals surface area contributed by atoms with Crippen LogP contribution < -0.4 is 4.90 Å². The molecule has 14 heavy (non-hydrogen) atoms. The summed E-state index contributed by atoms with van der Waals surface area (Å²) >= 11 is 2.24. The molecule has 1 rings (SSSR count). The summed E-state index contributed by atoms with van der Waals surface area (Å²) in [5, 5.41) is 0. The molecule has 3 heteroatoms. The van der Waals surface area contributed by atoms with Gasteiger partial charge < -0.3 is 4.90 Å². The van der Waals surface area contributed by atoms with Crippen LogP contribution in [-0.4, -0.2) is 13.0 Å². The topological polar surface area (TPSA) is 20.3 Å². The van der Waals surface area contributed by atoms with Gasteiger partial charge in [0.25, 0.3) is 0 Å². The van der Waals surface area contributed by atoms with Crippen LogP contribution in [0.1, 0.15) is 13.8 Å². The van der Waals surface area contributed by atoms with Gasteiger partial charge in [-0.3, -0.25) is 4.79 Å². The zero-order valence-electron chi connectivity index (χ0n) is 8.62. The number of rotatable bonds is 2. The summed E-state index contributed by atoms with van der Waals surface area (Å²) in [7, 11) is 1.82. The molecule has 0 radical (unpaired) electrons. The highest BCUT2D eigenvalue weighted by molar-refractivity contribution is 14.1. The summed E-state index contributed by atoms with van der Waals surface area (Å²) in [6, 6.07) is 7.88. The van der Waals surface area contributed by atoms with Crippen molar-refractivity contribution >= 4 is 34.2 Å². The van der Waals surface area contributed by atoms with Gasteiger partial charge in [0.2, 0.25) is 5.91 Å². The van der Waals surface area contributed by atoms with E-state index in [4.69, 9.17) is 0 Å². The molecular formula is C11H14INO. The minimum absolute atomic E-state index is 0.0380. The Hall–Kier alpha value is -0.580. The third-order valence-corrected chi connectivity index (χ3v) is 2.95. The van der Waals surface area contributed by atoms with Crippen molar-refractivity contribution in [3.8, 4) is 0 Å². The van der Waals surface area contributed by atoms with Crippen LogP contribution in [-0.2, 0) is 4.79 Å². The number of benzene rings is 1. The zero-order chi connectivity index (χ0) is 10.7. The number of anilines is 1. The maximum absolute atomic E-state index is 11.7. The molecule has 0 atom stereocenters. The molecule has 0 bridgehead atoms. The Bertz CT molecular complexity index is 336. The van der Waals surface area contributed by atoms with Gasteiger partial charge in [0.05, 0.1) is 5.69 Å². The fourth-order valence-electron chi connectivity index (χ4n) is 1.23. The van der Waals surface area contributed by atoms with E-state index >= 15 is 0 Å². The van der Waals surface area contributed by atoms with Crippen molar-refractivity contribution in [3.63, 3.8) is 0 Å². The molecule has 1 amide bonds. The van der Waals surface area contributed by atoms with Crippen LogP contribution in [0.3, 0.4) is 0 Å². The van der Waals surface area contributed by atoms with Gasteiger partial charge in [0.15, 0.2) is 0 Å². The Labute approximate surface area is 98.4 Å². The summed E-state index contributed by atoms with van der Waals surface area (Å²) in [4.78, 5) is 13.4. The van der Waals surface area contributed by atoms with Crippen LogP contribution in [0.15, 0.2) is 24.3 Å². The number of hydrogen-bond acceptors (Lipinski definition) is 1. The van der Waals surface area contributed by atoms with Gasteiger partial charge in [-0.15, -0.1) is 0 Å². The summed E-state index contributed by atoms with van der Waals surface area (Å²) in [6.07, 6.45) is 0. The molecule has 0 fully saturated rings. The van der Waals surface area contributed by atoms with Gasteiger partial charge in [0.1, 0.15) is 0 Å². The first-order valence-electron chi connectivity index (χ1n) is 4.56. The third kappa shape index (κ3) is 2.47. The predicted octanol–water partition coefficient (Wildman–Crippen LogP) is 2.91. The Balaban J connectivity index is 2.95. The van der Waals surface area contributed by atoms with E-state index < -0.39 is 0 Å². The lowest BCUT2D eigenvalue weighted by molar-refractivity contribution is -0.121. The number of carbonyl (C=O) groups is 1. The molecule has 0 spiro atoms. The lowest BCUT2D eigenvalue weighted by Crippen LogP contribution is -2.30. The molecule has 0 aliphatic carbocycles. The molecule has 0 aliphatic heterocycles. The Morgan fingerprint density at radius 3 is 2.43 bits per heavy atom. The van der Waals surface area contributed by atoms with Crippen molar-refractivity contribution in [3.05, 3.63) is 27.8 Å². The van der Waals surface area contributed by atoms with Crippen molar-refractivity contribution in [2.24, 2.45) is 5.92 Å². The van der Waals surface area contributed by atoms with Gasteiger partial charge in [-0.1, -0.05) is 26.0 Å². The second-order valence-corrected chi connectivity index (χ2v) is 4.67. The van der Waals surface area contributed by atoms with Crippen molar-refractivity contribution in [1.82, 2.24) is 0 Å². The smallest absolute Gasteiger partial charge is 0.229 e. The van der Waals surface area contributed by atoms with Crippen LogP contribution in [0.2, 0.25) is 0 Å². The first kappa shape index (κ1) is 11.5. The van der Waals surface area contributed by atoms with Gasteiger partial charge in [-0.2, -0.15) is 0 Å². The molecule has 2 nitrogen and oxygen atoms in total. The highest BCUT2D eigenvalue weighted by Crippen LogP contribution is 2.21. The normalized spacial score (nSPS) is 10.4. The fraction of sp³-hybridized carbons (Fsp3) is 0.364. The predicted molar refractivity (Wildman–Crippen MR) is 67.4 cm³/mol. The van der Waals surface area contributed by atoms with Gasteiger partial charge in [-0.25, -0.2) is 0 Å². The maximum atomic E-state index is 11.7. The quantitative estimate of drug-likeness (QED) is 0.769. The van der Waals surface area contributed by atoms with E-state index in [0.717, 1.165) is 9.26 Å². The van der Waals surface area contributed by atoms with E-state index in [0.29, 0.717) is 0 Å². The monoisotopic (exact) mass is 303 g/mol. The standard InChI is InChI=1S/C11H14INO/c1-8(2)11(14)13(3)10-7-5-4-6-9(10)12/h4-8H,1-3H3. The molecule has 1 aromatic rings. The fourth-order valence-corrected chi connectivity index (χ4v) is 1.98. The highest BCUT2D eigenvalue weighted by Gasteiger charge is 2.15. The van der Waals surface area contributed by atoms with Gasteiger partial charge in [0, 0.05) is 16.5 Å². The lowest BCUT2D eigenvalue weighted by atomic mass is 10.2. The third-order valence-electron chi connectivity index (χ3n) is 2.04. The molecule has 0 aromatic heterocycles. The van der Waals surface area contributed by atoms with Gasteiger partial charge in [-0.05, 0) is 34.7 Å². The molecule has 0 unspecified atom stereocenters. The summed E-state index contributed by atoms with van der Waals surface area (Å²) in [5.74, 6) is 0.185. The molecule has 0 saturated heterocycles. The summed E-state index contributed by atoms with van der Waals surface area (Å²) in [6.45, 7) is 3.82. The summed E-state index contributed by atoms with van der Waals surface area (Å²) < 4.78 is 1.10. The molecule has 1 aromatic carbocycles. The molecule has 0 heterocycles. The lowest BCUT2D eigenvalue weighted by Gasteiger charge is -2.20. The molecule has 0 saturated carbocycles. The largest absolute Gasteiger partial charge is 0.314 e. The molecular weight excluding hydrogens is 289 g/mol. The second-order valence-electron chi connectivity index (χ2n) is 3.50. The number of nitrogens with zero attached hydrogens (tertiary/aromatic N) is 1. The Morgan fingerprint density at radius 2 is 1.93 bits per heavy atom. The molecule has 0 N–H and O–H groups in total. The average Bonchev–Trinajstić information content (AvgIpc) is 2.16. The Kier molecular flexibility index (Phi) is 3.92. The first-order chi connectivity index (χ1) is 6.54. The zero-order valence-corrected chi connectivity index (χ0v) is 10.8. The molecule has 0 aliphatic rings. The minimum Gasteiger partial charge on any atom is -0.314 e. The Morgan fingerprint density at radius 1 is 1.36 bits per heavy atom. The van der Waals surface area contributed by atoms with Crippen LogP contribution in [0.25, 0.3) is 0 Å². The van der Waals surface area contributed by atoms with E-state index in [1.54, 1.807) is 4.90 Å². The van der Waals surface area contributed by atoms with E-state index in [9.17, 15) is 4.79 Å². The van der Waals surface area contributed by atoms with Crippen molar-refractivity contribution < 1.29 is 4.79 Å². The van der Waals surface area contributed by atoms with E-state index in [1.807, 2.05) is 45.2 Å². The van der Waals surface area contributed by atoms with Crippen LogP contribution in [0.5, 0.6) is 0 Å². The first-order valence-corrected chi connectivity index (χ1v) is 5.64.